The molecule has 0 aromatic heterocycles. The summed E-state index contributed by atoms with van der Waals surface area (Å²) in [6.07, 6.45) is 0. The molecule has 0 saturated heterocycles. The van der Waals surface area contributed by atoms with Gasteiger partial charge in [-0.15, -0.1) is 0 Å². The molecule has 5 nitrogen and oxygen atoms in total. The summed E-state index contributed by atoms with van der Waals surface area (Å²) in [6, 6.07) is 18.6. The zero-order chi connectivity index (χ0) is 16.8. The molecule has 0 bridgehead atoms. The van der Waals surface area contributed by atoms with Crippen molar-refractivity contribution < 1.29 is 23.2 Å². The Bertz CT molecular complexity index is 658. The minimum atomic E-state index is -4.83. The van der Waals surface area contributed by atoms with Crippen LogP contribution >= 0.6 is 36.4 Å². The van der Waals surface area contributed by atoms with Crippen molar-refractivity contribution in [3.63, 3.8) is 0 Å². The zero-order valence-corrected chi connectivity index (χ0v) is 15.4. The topological polar surface area (TPSA) is 83.8 Å². The van der Waals surface area contributed by atoms with Crippen molar-refractivity contribution in [2.75, 3.05) is 0 Å². The molecular weight excluding hydrogens is 374 g/mol. The number of benzene rings is 2. The number of rotatable bonds is 8. The first-order chi connectivity index (χ1) is 10.9. The van der Waals surface area contributed by atoms with E-state index in [-0.39, 0.29) is 0 Å². The highest BCUT2D eigenvalue weighted by Gasteiger charge is 2.34. The van der Waals surface area contributed by atoms with Crippen molar-refractivity contribution in [1.29, 1.82) is 0 Å². The van der Waals surface area contributed by atoms with Gasteiger partial charge < -0.3 is 9.79 Å². The minimum absolute atomic E-state index is 0.347. The van der Waals surface area contributed by atoms with E-state index in [9.17, 15) is 9.13 Å². The third-order valence-electron chi connectivity index (χ3n) is 2.67. The van der Waals surface area contributed by atoms with Crippen LogP contribution in [0.5, 0.6) is 0 Å². The van der Waals surface area contributed by atoms with Crippen molar-refractivity contribution in [3.05, 3.63) is 71.8 Å². The highest BCUT2D eigenvalue weighted by molar-refractivity contribution is 8.89. The maximum Gasteiger partial charge on any atom is 0.476 e. The Labute approximate surface area is 143 Å². The maximum absolute atomic E-state index is 12.8. The monoisotopic (exact) mass is 390 g/mol. The van der Waals surface area contributed by atoms with E-state index in [1.165, 1.54) is 0 Å². The van der Waals surface area contributed by atoms with Crippen molar-refractivity contribution in [2.24, 2.45) is 0 Å². The highest BCUT2D eigenvalue weighted by Crippen LogP contribution is 2.76. The van der Waals surface area contributed by atoms with E-state index in [0.29, 0.717) is 11.5 Å². The van der Waals surface area contributed by atoms with E-state index in [1.54, 1.807) is 0 Å². The molecule has 124 valence electrons. The van der Waals surface area contributed by atoms with Crippen LogP contribution in [0.2, 0.25) is 0 Å². The summed E-state index contributed by atoms with van der Waals surface area (Å²) in [6.45, 7) is 0. The summed E-state index contributed by atoms with van der Waals surface area (Å²) in [7, 11) is -4.83. The van der Waals surface area contributed by atoms with E-state index in [2.05, 4.69) is 4.31 Å². The molecule has 0 fully saturated rings. The van der Waals surface area contributed by atoms with Gasteiger partial charge in [0.1, 0.15) is 0 Å². The first-order valence-corrected chi connectivity index (χ1v) is 12.9. The second kappa shape index (κ2) is 8.54. The fourth-order valence-electron chi connectivity index (χ4n) is 1.67. The standard InChI is InChI=1S/C14H16O5P2S2/c15-20(16,17)19-21(18,22-11-13-7-3-1-4-8-13)23-12-14-9-5-2-6-10-14/h1-10H,11-12H2,(H2,15,16,17). The van der Waals surface area contributed by atoms with E-state index in [1.807, 2.05) is 60.7 Å². The molecular formula is C14H16O5P2S2. The van der Waals surface area contributed by atoms with Gasteiger partial charge in [-0.25, -0.2) is 8.88 Å². The maximum atomic E-state index is 12.8. The molecule has 9 heteroatoms. The van der Waals surface area contributed by atoms with E-state index < -0.39 is 13.6 Å². The fourth-order valence-corrected chi connectivity index (χ4v) is 10.3. The molecule has 2 rings (SSSR count). The van der Waals surface area contributed by atoms with Crippen molar-refractivity contribution in [2.45, 2.75) is 11.5 Å². The SMILES string of the molecule is O=P(O)(O)OP(=O)(SCc1ccccc1)SCc1ccccc1. The van der Waals surface area contributed by atoms with Crippen molar-refractivity contribution in [3.8, 4) is 0 Å². The van der Waals surface area contributed by atoms with Crippen LogP contribution in [-0.4, -0.2) is 9.79 Å². The quantitative estimate of drug-likeness (QED) is 0.609. The molecule has 0 unspecified atom stereocenters. The van der Waals surface area contributed by atoms with Gasteiger partial charge in [0, 0.05) is 11.5 Å². The van der Waals surface area contributed by atoms with Crippen LogP contribution in [0.4, 0.5) is 0 Å². The van der Waals surface area contributed by atoms with Gasteiger partial charge in [-0.05, 0) is 11.1 Å². The number of hydrogen-bond acceptors (Lipinski definition) is 5. The van der Waals surface area contributed by atoms with E-state index in [4.69, 9.17) is 9.79 Å². The molecule has 2 N–H and O–H groups in total. The predicted octanol–water partition coefficient (Wildman–Crippen LogP) is 5.07. The smallest absolute Gasteiger partial charge is 0.302 e. The molecule has 0 aliphatic rings. The van der Waals surface area contributed by atoms with Gasteiger partial charge in [0.25, 0.3) is 0 Å². The number of phosphoric acid groups is 1. The fraction of sp³-hybridized carbons (Fsp3) is 0.143. The average molecular weight is 390 g/mol. The van der Waals surface area contributed by atoms with Gasteiger partial charge in [-0.3, -0.25) is 4.57 Å². The van der Waals surface area contributed by atoms with Crippen LogP contribution in [0.3, 0.4) is 0 Å². The molecule has 0 aliphatic carbocycles. The molecule has 0 heterocycles. The Kier molecular flexibility index (Phi) is 6.99. The Morgan fingerprint density at radius 1 is 0.783 bits per heavy atom. The minimum Gasteiger partial charge on any atom is -0.302 e. The lowest BCUT2D eigenvalue weighted by molar-refractivity contribution is 0.290. The first-order valence-electron chi connectivity index (χ1n) is 6.60. The summed E-state index contributed by atoms with van der Waals surface area (Å²) in [5.74, 6) is -2.91. The van der Waals surface area contributed by atoms with Crippen LogP contribution in [0, 0.1) is 0 Å². The van der Waals surface area contributed by atoms with Crippen LogP contribution < -0.4 is 0 Å². The lowest BCUT2D eigenvalue weighted by atomic mass is 10.2. The predicted molar refractivity (Wildman–Crippen MR) is 96.2 cm³/mol. The van der Waals surface area contributed by atoms with Gasteiger partial charge in [0.15, 0.2) is 0 Å². The van der Waals surface area contributed by atoms with Crippen LogP contribution in [-0.2, 0) is 24.9 Å². The second-order valence-electron chi connectivity index (χ2n) is 4.54. The normalized spacial score (nSPS) is 12.3. The third kappa shape index (κ3) is 7.27. The molecule has 0 atom stereocenters. The summed E-state index contributed by atoms with van der Waals surface area (Å²) >= 11 is 1.85. The third-order valence-corrected chi connectivity index (χ3v) is 11.6. The van der Waals surface area contributed by atoms with Gasteiger partial charge >= 0.3 is 13.6 Å². The Balaban J connectivity index is 2.05. The van der Waals surface area contributed by atoms with E-state index in [0.717, 1.165) is 33.9 Å². The van der Waals surface area contributed by atoms with Crippen molar-refractivity contribution >= 4 is 36.4 Å². The molecule has 0 aliphatic heterocycles. The second-order valence-corrected chi connectivity index (χ2v) is 13.3. The molecule has 2 aromatic carbocycles. The lowest BCUT2D eigenvalue weighted by Crippen LogP contribution is -1.87. The highest BCUT2D eigenvalue weighted by atomic mass is 33.1. The zero-order valence-electron chi connectivity index (χ0n) is 12.0. The van der Waals surface area contributed by atoms with E-state index >= 15 is 0 Å². The van der Waals surface area contributed by atoms with Gasteiger partial charge in [-0.1, -0.05) is 83.4 Å². The molecule has 0 spiro atoms. The van der Waals surface area contributed by atoms with Gasteiger partial charge in [0.05, 0.1) is 0 Å². The van der Waals surface area contributed by atoms with Crippen molar-refractivity contribution in [1.82, 2.24) is 0 Å². The Hall–Kier alpha value is -0.520. The molecule has 0 saturated carbocycles. The molecule has 0 radical (unpaired) electrons. The van der Waals surface area contributed by atoms with Gasteiger partial charge in [-0.2, -0.15) is 0 Å². The summed E-state index contributed by atoms with van der Waals surface area (Å²) in [5.41, 5.74) is 1.82. The Morgan fingerprint density at radius 3 is 1.52 bits per heavy atom. The van der Waals surface area contributed by atoms with Gasteiger partial charge in [0.2, 0.25) is 0 Å². The Morgan fingerprint density at radius 2 is 1.17 bits per heavy atom. The average Bonchev–Trinajstić information content (AvgIpc) is 2.52. The molecule has 0 amide bonds. The first kappa shape index (κ1) is 18.8. The van der Waals surface area contributed by atoms with Crippen LogP contribution in [0.1, 0.15) is 11.1 Å². The van der Waals surface area contributed by atoms with Crippen LogP contribution in [0.25, 0.3) is 0 Å². The summed E-state index contributed by atoms with van der Waals surface area (Å²) < 4.78 is 28.5. The number of hydrogen-bond donors (Lipinski definition) is 2. The largest absolute Gasteiger partial charge is 0.476 e. The molecule has 23 heavy (non-hydrogen) atoms. The lowest BCUT2D eigenvalue weighted by Gasteiger charge is -2.17. The summed E-state index contributed by atoms with van der Waals surface area (Å²) in [4.78, 5) is 18.1. The molecule has 2 aromatic rings. The summed E-state index contributed by atoms with van der Waals surface area (Å²) in [5, 5.41) is 0. The van der Waals surface area contributed by atoms with Crippen LogP contribution in [0.15, 0.2) is 60.7 Å².